The lowest BCUT2D eigenvalue weighted by Gasteiger charge is -2.24. The summed E-state index contributed by atoms with van der Waals surface area (Å²) in [7, 11) is 1.65. The first-order chi connectivity index (χ1) is 11.3. The van der Waals surface area contributed by atoms with Gasteiger partial charge in [0.2, 0.25) is 0 Å². The van der Waals surface area contributed by atoms with Crippen LogP contribution in [0.1, 0.15) is 11.1 Å². The summed E-state index contributed by atoms with van der Waals surface area (Å²) in [5.74, 6) is 0.810. The van der Waals surface area contributed by atoms with Gasteiger partial charge in [0, 0.05) is 12.7 Å². The summed E-state index contributed by atoms with van der Waals surface area (Å²) in [6.07, 6.45) is 3.70. The van der Waals surface area contributed by atoms with Crippen LogP contribution in [-0.4, -0.2) is 20.0 Å². The second-order valence-electron chi connectivity index (χ2n) is 5.32. The number of hydrogen-bond donors (Lipinski definition) is 0. The van der Waals surface area contributed by atoms with E-state index in [1.54, 1.807) is 7.11 Å². The molecule has 0 unspecified atom stereocenters. The van der Waals surface area contributed by atoms with Crippen LogP contribution in [0.2, 0.25) is 0 Å². The molecule has 0 fully saturated rings. The summed E-state index contributed by atoms with van der Waals surface area (Å²) in [5.41, 5.74) is 3.19. The topological polar surface area (TPSA) is 27.7 Å². The molecule has 2 aromatic rings. The van der Waals surface area contributed by atoms with Crippen molar-refractivity contribution in [3.05, 3.63) is 89.2 Å². The summed E-state index contributed by atoms with van der Waals surface area (Å²) < 4.78 is 17.0. The molecular formula is C20H20O3. The number of hydrogen-bond acceptors (Lipinski definition) is 3. The van der Waals surface area contributed by atoms with E-state index in [2.05, 4.69) is 6.08 Å². The van der Waals surface area contributed by atoms with Crippen LogP contribution >= 0.6 is 0 Å². The molecular weight excluding hydrogens is 288 g/mol. The molecule has 1 heterocycles. The Bertz CT molecular complexity index is 675. The molecule has 1 aliphatic rings. The van der Waals surface area contributed by atoms with Crippen LogP contribution in [0.25, 0.3) is 6.08 Å². The molecule has 3 heteroatoms. The van der Waals surface area contributed by atoms with E-state index in [4.69, 9.17) is 14.2 Å². The number of ether oxygens (including phenoxy) is 3. The third kappa shape index (κ3) is 4.31. The van der Waals surface area contributed by atoms with Crippen LogP contribution in [0.3, 0.4) is 0 Å². The van der Waals surface area contributed by atoms with Gasteiger partial charge in [0.1, 0.15) is 19.0 Å². The van der Waals surface area contributed by atoms with Crippen molar-refractivity contribution in [2.45, 2.75) is 12.9 Å². The first kappa shape index (κ1) is 15.5. The number of rotatable bonds is 5. The molecule has 0 spiro atoms. The summed E-state index contributed by atoms with van der Waals surface area (Å²) in [4.78, 5) is 0. The zero-order chi connectivity index (χ0) is 15.9. The molecule has 3 nitrogen and oxygen atoms in total. The van der Waals surface area contributed by atoms with Crippen molar-refractivity contribution in [2.24, 2.45) is 0 Å². The Balaban J connectivity index is 1.75. The van der Waals surface area contributed by atoms with E-state index in [1.807, 2.05) is 66.7 Å². The fourth-order valence-corrected chi connectivity index (χ4v) is 2.44. The lowest BCUT2D eigenvalue weighted by molar-refractivity contribution is -0.103. The minimum atomic E-state index is -0.362. The number of methoxy groups -OCH3 is 1. The van der Waals surface area contributed by atoms with Gasteiger partial charge in [0.25, 0.3) is 0 Å². The Morgan fingerprint density at radius 1 is 1.04 bits per heavy atom. The summed E-state index contributed by atoms with van der Waals surface area (Å²) in [6.45, 7) is 0.948. The molecule has 0 aliphatic carbocycles. The van der Waals surface area contributed by atoms with Gasteiger partial charge in [0.05, 0.1) is 0 Å². The Hall–Kier alpha value is -2.36. The Labute approximate surface area is 136 Å². The van der Waals surface area contributed by atoms with Crippen molar-refractivity contribution in [1.29, 1.82) is 0 Å². The SMILES string of the molecule is CO[C@@H]1OCC(OCc2ccccc2)=C/C1=C\c1ccccc1. The molecule has 1 atom stereocenters. The van der Waals surface area contributed by atoms with Crippen molar-refractivity contribution in [3.8, 4) is 0 Å². The predicted octanol–water partition coefficient (Wildman–Crippen LogP) is 4.17. The molecule has 118 valence electrons. The van der Waals surface area contributed by atoms with Crippen molar-refractivity contribution in [3.63, 3.8) is 0 Å². The van der Waals surface area contributed by atoms with Crippen LogP contribution in [-0.2, 0) is 20.8 Å². The second-order valence-corrected chi connectivity index (χ2v) is 5.32. The monoisotopic (exact) mass is 308 g/mol. The Kier molecular flexibility index (Phi) is 5.25. The molecule has 0 saturated heterocycles. The normalized spacial score (nSPS) is 19.4. The van der Waals surface area contributed by atoms with Gasteiger partial charge in [-0.1, -0.05) is 60.7 Å². The molecule has 0 aromatic heterocycles. The molecule has 0 amide bonds. The van der Waals surface area contributed by atoms with Gasteiger partial charge < -0.3 is 14.2 Å². The highest BCUT2D eigenvalue weighted by atomic mass is 16.7. The van der Waals surface area contributed by atoms with E-state index < -0.39 is 0 Å². The van der Waals surface area contributed by atoms with Gasteiger partial charge in [-0.3, -0.25) is 0 Å². The molecule has 2 aromatic carbocycles. The largest absolute Gasteiger partial charge is 0.491 e. The molecule has 1 aliphatic heterocycles. The fourth-order valence-electron chi connectivity index (χ4n) is 2.44. The molecule has 3 rings (SSSR count). The zero-order valence-corrected chi connectivity index (χ0v) is 13.1. The lowest BCUT2D eigenvalue weighted by atomic mass is 10.1. The summed E-state index contributed by atoms with van der Waals surface area (Å²) >= 11 is 0. The van der Waals surface area contributed by atoms with Gasteiger partial charge in [-0.2, -0.15) is 0 Å². The second kappa shape index (κ2) is 7.77. The highest BCUT2D eigenvalue weighted by Gasteiger charge is 2.20. The van der Waals surface area contributed by atoms with E-state index in [1.165, 1.54) is 0 Å². The third-order valence-corrected chi connectivity index (χ3v) is 3.59. The first-order valence-electron chi connectivity index (χ1n) is 7.63. The van der Waals surface area contributed by atoms with Gasteiger partial charge >= 0.3 is 0 Å². The van der Waals surface area contributed by atoms with E-state index in [9.17, 15) is 0 Å². The molecule has 0 saturated carbocycles. The summed E-state index contributed by atoms with van der Waals surface area (Å²) in [5, 5.41) is 0. The summed E-state index contributed by atoms with van der Waals surface area (Å²) in [6, 6.07) is 20.2. The van der Waals surface area contributed by atoms with E-state index in [-0.39, 0.29) is 6.29 Å². The maximum absolute atomic E-state index is 5.87. The lowest BCUT2D eigenvalue weighted by Crippen LogP contribution is -2.24. The van der Waals surface area contributed by atoms with Gasteiger partial charge in [-0.15, -0.1) is 0 Å². The van der Waals surface area contributed by atoms with Crippen molar-refractivity contribution in [2.75, 3.05) is 13.7 Å². The Morgan fingerprint density at radius 2 is 1.74 bits per heavy atom. The maximum atomic E-state index is 5.87. The highest BCUT2D eigenvalue weighted by Crippen LogP contribution is 2.23. The van der Waals surface area contributed by atoms with Gasteiger partial charge in [-0.05, 0) is 23.3 Å². The first-order valence-corrected chi connectivity index (χ1v) is 7.63. The van der Waals surface area contributed by atoms with Crippen LogP contribution in [0.4, 0.5) is 0 Å². The van der Waals surface area contributed by atoms with Crippen molar-refractivity contribution in [1.82, 2.24) is 0 Å². The minimum Gasteiger partial charge on any atom is -0.491 e. The van der Waals surface area contributed by atoms with Crippen molar-refractivity contribution < 1.29 is 14.2 Å². The Morgan fingerprint density at radius 3 is 2.43 bits per heavy atom. The minimum absolute atomic E-state index is 0.362. The van der Waals surface area contributed by atoms with E-state index in [0.717, 1.165) is 22.5 Å². The van der Waals surface area contributed by atoms with Gasteiger partial charge in [-0.25, -0.2) is 0 Å². The molecule has 0 bridgehead atoms. The quantitative estimate of drug-likeness (QED) is 0.829. The van der Waals surface area contributed by atoms with Crippen LogP contribution in [0.15, 0.2) is 78.1 Å². The predicted molar refractivity (Wildman–Crippen MR) is 90.5 cm³/mol. The van der Waals surface area contributed by atoms with Gasteiger partial charge in [0.15, 0.2) is 6.29 Å². The van der Waals surface area contributed by atoms with Crippen LogP contribution in [0, 0.1) is 0 Å². The fraction of sp³-hybridized carbons (Fsp3) is 0.200. The highest BCUT2D eigenvalue weighted by molar-refractivity contribution is 5.57. The maximum Gasteiger partial charge on any atom is 0.184 e. The van der Waals surface area contributed by atoms with Crippen molar-refractivity contribution >= 4 is 6.08 Å². The van der Waals surface area contributed by atoms with E-state index >= 15 is 0 Å². The molecule has 0 N–H and O–H groups in total. The average molecular weight is 308 g/mol. The smallest absolute Gasteiger partial charge is 0.184 e. The average Bonchev–Trinajstić information content (AvgIpc) is 2.62. The molecule has 23 heavy (non-hydrogen) atoms. The third-order valence-electron chi connectivity index (χ3n) is 3.59. The number of benzene rings is 2. The van der Waals surface area contributed by atoms with E-state index in [0.29, 0.717) is 13.2 Å². The standard InChI is InChI=1S/C20H20O3/c1-21-20-18(12-16-8-4-2-5-9-16)13-19(15-23-20)22-14-17-10-6-3-7-11-17/h2-13,20H,14-15H2,1H3/b18-12+/t20-/m1/s1. The van der Waals surface area contributed by atoms with Crippen LogP contribution in [0.5, 0.6) is 0 Å². The molecule has 0 radical (unpaired) electrons. The zero-order valence-electron chi connectivity index (χ0n) is 13.1. The van der Waals surface area contributed by atoms with Crippen LogP contribution < -0.4 is 0 Å².